The van der Waals surface area contributed by atoms with Crippen LogP contribution in [0.4, 0.5) is 4.79 Å². The zero-order valence-corrected chi connectivity index (χ0v) is 23.4. The number of pyridine rings is 1. The number of carbonyl (C=O) groups excluding carboxylic acids is 3. The SMILES string of the molecule is CC(=O)[C@@H]1C[C@@H]2CN1C(=O)[C@H](C1CCCCC1)NC(=O)OCC(C)(C)CCCc1ccc3ccnc(c3c1)O2. The van der Waals surface area contributed by atoms with E-state index in [2.05, 4.69) is 42.3 Å². The fourth-order valence-corrected chi connectivity index (χ4v) is 6.41. The first-order valence-electron chi connectivity index (χ1n) is 14.5. The van der Waals surface area contributed by atoms with Crippen LogP contribution in [0.1, 0.15) is 77.7 Å². The predicted molar refractivity (Wildman–Crippen MR) is 149 cm³/mol. The fraction of sp³-hybridized carbons (Fsp3) is 0.613. The molecule has 2 amide bonds. The van der Waals surface area contributed by atoms with E-state index in [1.807, 2.05) is 6.07 Å². The van der Waals surface area contributed by atoms with Gasteiger partial charge in [-0.2, -0.15) is 0 Å². The molecule has 3 heterocycles. The number of ketones is 1. The molecule has 1 N–H and O–H groups in total. The van der Waals surface area contributed by atoms with Crippen LogP contribution in [-0.2, 0) is 20.7 Å². The Morgan fingerprint density at radius 2 is 1.90 bits per heavy atom. The number of nitrogens with one attached hydrogen (secondary N) is 1. The minimum Gasteiger partial charge on any atom is -0.472 e. The number of cyclic esters (lactones) is 1. The largest absolute Gasteiger partial charge is 0.472 e. The number of hydrogen-bond acceptors (Lipinski definition) is 6. The first-order chi connectivity index (χ1) is 18.7. The Hall–Kier alpha value is -3.16. The molecule has 0 unspecified atom stereocenters. The van der Waals surface area contributed by atoms with E-state index in [0.717, 1.165) is 62.1 Å². The smallest absolute Gasteiger partial charge is 0.407 e. The van der Waals surface area contributed by atoms with Crippen molar-refractivity contribution in [2.24, 2.45) is 11.3 Å². The number of benzene rings is 1. The molecule has 210 valence electrons. The summed E-state index contributed by atoms with van der Waals surface area (Å²) in [4.78, 5) is 45.9. The highest BCUT2D eigenvalue weighted by Crippen LogP contribution is 2.33. The van der Waals surface area contributed by atoms with Crippen molar-refractivity contribution in [3.05, 3.63) is 36.0 Å². The average Bonchev–Trinajstić information content (AvgIpc) is 3.35. The molecule has 3 aliphatic rings. The second kappa shape index (κ2) is 11.5. The van der Waals surface area contributed by atoms with E-state index >= 15 is 0 Å². The van der Waals surface area contributed by atoms with Crippen molar-refractivity contribution >= 4 is 28.6 Å². The Morgan fingerprint density at radius 1 is 1.10 bits per heavy atom. The number of alkyl carbamates (subject to hydrolysis) is 1. The van der Waals surface area contributed by atoms with Crippen molar-refractivity contribution in [3.63, 3.8) is 0 Å². The number of hydrogen-bond donors (Lipinski definition) is 1. The van der Waals surface area contributed by atoms with Crippen LogP contribution in [0.3, 0.4) is 0 Å². The molecule has 8 nitrogen and oxygen atoms in total. The van der Waals surface area contributed by atoms with Gasteiger partial charge >= 0.3 is 6.09 Å². The summed E-state index contributed by atoms with van der Waals surface area (Å²) in [6.45, 7) is 6.26. The van der Waals surface area contributed by atoms with Gasteiger partial charge in [-0.1, -0.05) is 45.2 Å². The Morgan fingerprint density at radius 3 is 2.67 bits per heavy atom. The highest BCUT2D eigenvalue weighted by molar-refractivity contribution is 5.92. The third kappa shape index (κ3) is 6.36. The Bertz CT molecular complexity index is 1220. The van der Waals surface area contributed by atoms with Gasteiger partial charge in [0.1, 0.15) is 12.1 Å². The molecule has 0 radical (unpaired) electrons. The summed E-state index contributed by atoms with van der Waals surface area (Å²) >= 11 is 0. The summed E-state index contributed by atoms with van der Waals surface area (Å²) < 4.78 is 12.1. The molecular weight excluding hydrogens is 494 g/mol. The monoisotopic (exact) mass is 535 g/mol. The Labute approximate surface area is 230 Å². The van der Waals surface area contributed by atoms with E-state index < -0.39 is 18.2 Å². The van der Waals surface area contributed by atoms with Gasteiger partial charge in [0.2, 0.25) is 11.8 Å². The van der Waals surface area contributed by atoms with Gasteiger partial charge in [0.15, 0.2) is 5.78 Å². The zero-order chi connectivity index (χ0) is 27.6. The predicted octanol–water partition coefficient (Wildman–Crippen LogP) is 5.21. The number of fused-ring (bicyclic) bond motifs is 3. The first kappa shape index (κ1) is 27.4. The minimum atomic E-state index is -0.723. The fourth-order valence-electron chi connectivity index (χ4n) is 6.41. The highest BCUT2D eigenvalue weighted by atomic mass is 16.5. The molecule has 8 heteroatoms. The lowest BCUT2D eigenvalue weighted by atomic mass is 9.83. The van der Waals surface area contributed by atoms with Gasteiger partial charge in [0.25, 0.3) is 0 Å². The average molecular weight is 536 g/mol. The lowest BCUT2D eigenvalue weighted by molar-refractivity contribution is -0.140. The van der Waals surface area contributed by atoms with E-state index in [0.29, 0.717) is 12.3 Å². The van der Waals surface area contributed by atoms with Crippen molar-refractivity contribution in [3.8, 4) is 5.88 Å². The van der Waals surface area contributed by atoms with Gasteiger partial charge in [-0.3, -0.25) is 9.59 Å². The van der Waals surface area contributed by atoms with Crippen LogP contribution >= 0.6 is 0 Å². The summed E-state index contributed by atoms with van der Waals surface area (Å²) in [6, 6.07) is 7.01. The summed E-state index contributed by atoms with van der Waals surface area (Å²) in [5.41, 5.74) is 0.984. The van der Waals surface area contributed by atoms with Gasteiger partial charge in [-0.05, 0) is 73.4 Å². The molecule has 2 aliphatic heterocycles. The van der Waals surface area contributed by atoms with E-state index in [9.17, 15) is 14.4 Å². The summed E-state index contributed by atoms with van der Waals surface area (Å²) in [7, 11) is 0. The van der Waals surface area contributed by atoms with Gasteiger partial charge in [0, 0.05) is 18.0 Å². The van der Waals surface area contributed by atoms with Gasteiger partial charge in [-0.25, -0.2) is 9.78 Å². The molecule has 1 saturated heterocycles. The standard InChI is InChI=1S/C31H41N3O5/c1-20(35)26-17-24-18-34(26)29(36)27(23-9-5-4-6-10-23)33-30(37)38-19-31(2,3)14-7-8-21-11-12-22-13-15-32-28(39-24)25(22)16-21/h11-13,15-16,23-24,26-27H,4-10,14,17-19H2,1-3H3,(H,33,37)/t24-,26+,27+/m1/s1. The quantitative estimate of drug-likeness (QED) is 0.567. The number of ether oxygens (including phenoxy) is 2. The van der Waals surface area contributed by atoms with Crippen molar-refractivity contribution in [1.29, 1.82) is 0 Å². The van der Waals surface area contributed by atoms with E-state index in [1.54, 1.807) is 11.1 Å². The molecule has 2 aromatic rings. The van der Waals surface area contributed by atoms with Gasteiger partial charge in [-0.15, -0.1) is 0 Å². The molecule has 1 aromatic heterocycles. The molecular formula is C31H41N3O5. The molecule has 39 heavy (non-hydrogen) atoms. The maximum atomic E-state index is 14.0. The van der Waals surface area contributed by atoms with Crippen LogP contribution in [0.2, 0.25) is 0 Å². The number of Topliss-reactive ketones (excluding diaryl/α,β-unsaturated/α-hetero) is 1. The summed E-state index contributed by atoms with van der Waals surface area (Å²) in [6.07, 6.45) is 8.82. The number of nitrogens with zero attached hydrogens (tertiary/aromatic N) is 2. The molecule has 1 aromatic carbocycles. The van der Waals surface area contributed by atoms with Gasteiger partial charge < -0.3 is 19.7 Å². The van der Waals surface area contributed by atoms with Crippen molar-refractivity contribution in [2.75, 3.05) is 13.2 Å². The third-order valence-electron chi connectivity index (χ3n) is 8.66. The maximum Gasteiger partial charge on any atom is 0.407 e. The van der Waals surface area contributed by atoms with Crippen molar-refractivity contribution in [2.45, 2.75) is 96.7 Å². The van der Waals surface area contributed by atoms with E-state index in [-0.39, 0.29) is 42.3 Å². The van der Waals surface area contributed by atoms with Crippen molar-refractivity contribution < 1.29 is 23.9 Å². The maximum absolute atomic E-state index is 14.0. The van der Waals surface area contributed by atoms with Gasteiger partial charge in [0.05, 0.1) is 19.2 Å². The third-order valence-corrected chi connectivity index (χ3v) is 8.66. The van der Waals surface area contributed by atoms with Crippen LogP contribution in [0.25, 0.3) is 10.8 Å². The number of aryl methyl sites for hydroxylation is 1. The van der Waals surface area contributed by atoms with Crippen molar-refractivity contribution in [1.82, 2.24) is 15.2 Å². The number of aromatic nitrogens is 1. The Kier molecular flexibility index (Phi) is 8.10. The van der Waals surface area contributed by atoms with E-state index in [4.69, 9.17) is 9.47 Å². The molecule has 5 rings (SSSR count). The molecule has 0 spiro atoms. The Balaban J connectivity index is 1.49. The lowest BCUT2D eigenvalue weighted by Crippen LogP contribution is -2.55. The van der Waals surface area contributed by atoms with Crippen LogP contribution in [-0.4, -0.2) is 59.0 Å². The van der Waals surface area contributed by atoms with Crippen LogP contribution in [0.15, 0.2) is 30.5 Å². The number of rotatable bonds is 2. The molecule has 1 aliphatic carbocycles. The number of carbonyl (C=O) groups is 3. The highest BCUT2D eigenvalue weighted by Gasteiger charge is 2.44. The molecule has 4 bridgehead atoms. The topological polar surface area (TPSA) is 97.8 Å². The number of amides is 2. The van der Waals surface area contributed by atoms with Crippen LogP contribution in [0.5, 0.6) is 5.88 Å². The molecule has 3 atom stereocenters. The van der Waals surface area contributed by atoms with E-state index in [1.165, 1.54) is 12.5 Å². The zero-order valence-electron chi connectivity index (χ0n) is 23.4. The second-order valence-corrected chi connectivity index (χ2v) is 12.4. The summed E-state index contributed by atoms with van der Waals surface area (Å²) in [5, 5.41) is 4.91. The second-order valence-electron chi connectivity index (χ2n) is 12.4. The van der Waals surface area contributed by atoms with Crippen LogP contribution in [0, 0.1) is 11.3 Å². The normalized spacial score (nSPS) is 26.8. The first-order valence-corrected chi connectivity index (χ1v) is 14.5. The lowest BCUT2D eigenvalue weighted by Gasteiger charge is -2.34. The summed E-state index contributed by atoms with van der Waals surface area (Å²) in [5.74, 6) is 0.241. The minimum absolute atomic E-state index is 0.0168. The molecule has 1 saturated carbocycles. The molecule has 2 fully saturated rings. The van der Waals surface area contributed by atoms with Crippen LogP contribution < -0.4 is 10.1 Å².